The van der Waals surface area contributed by atoms with Crippen molar-refractivity contribution in [2.24, 2.45) is 5.73 Å². The van der Waals surface area contributed by atoms with E-state index in [0.717, 1.165) is 6.54 Å². The second kappa shape index (κ2) is 1.46. The molecule has 0 saturated carbocycles. The Labute approximate surface area is 44.3 Å². The highest BCUT2D eigenvalue weighted by Gasteiger charge is 2.28. The van der Waals surface area contributed by atoms with Crippen LogP contribution in [0.15, 0.2) is 0 Å². The maximum atomic E-state index is 5.57. The van der Waals surface area contributed by atoms with Crippen LogP contribution in [0.25, 0.3) is 0 Å². The summed E-state index contributed by atoms with van der Waals surface area (Å²) in [6, 6.07) is 1.05. The molecule has 2 N–H and O–H groups in total. The summed E-state index contributed by atoms with van der Waals surface area (Å²) in [5, 5.41) is 0. The van der Waals surface area contributed by atoms with E-state index in [0.29, 0.717) is 12.1 Å². The molecule has 2 nitrogen and oxygen atoms in total. The van der Waals surface area contributed by atoms with Gasteiger partial charge in [-0.2, -0.15) is 0 Å². The molecule has 2 heteroatoms. The lowest BCUT2D eigenvalue weighted by molar-refractivity contribution is 0.109. The molecule has 1 aliphatic rings. The maximum absolute atomic E-state index is 5.57. The van der Waals surface area contributed by atoms with Gasteiger partial charge in [0.05, 0.1) is 0 Å². The molecule has 0 aliphatic carbocycles. The van der Waals surface area contributed by atoms with Crippen LogP contribution in [-0.4, -0.2) is 30.6 Å². The number of hydrogen-bond acceptors (Lipinski definition) is 2. The summed E-state index contributed by atoms with van der Waals surface area (Å²) in [6.07, 6.45) is 0. The fourth-order valence-corrected chi connectivity index (χ4v) is 0.840. The van der Waals surface area contributed by atoms with E-state index in [-0.39, 0.29) is 0 Å². The Morgan fingerprint density at radius 2 is 2.29 bits per heavy atom. The highest BCUT2D eigenvalue weighted by Crippen LogP contribution is 2.10. The fraction of sp³-hybridized carbons (Fsp3) is 1.00. The Kier molecular flexibility index (Phi) is 1.05. The third kappa shape index (κ3) is 0.640. The molecule has 1 aliphatic heterocycles. The van der Waals surface area contributed by atoms with Gasteiger partial charge in [0.15, 0.2) is 0 Å². The van der Waals surface area contributed by atoms with Crippen molar-refractivity contribution in [2.75, 3.05) is 13.6 Å². The maximum Gasteiger partial charge on any atom is 0.0323 e. The van der Waals surface area contributed by atoms with Crippen LogP contribution in [0, 0.1) is 0 Å². The molecule has 0 aromatic rings. The summed E-state index contributed by atoms with van der Waals surface area (Å²) in [4.78, 5) is 2.24. The monoisotopic (exact) mass is 100 g/mol. The Bertz CT molecular complexity index is 64.5. The van der Waals surface area contributed by atoms with E-state index in [1.807, 2.05) is 0 Å². The molecule has 2 atom stereocenters. The van der Waals surface area contributed by atoms with E-state index in [2.05, 4.69) is 18.9 Å². The molecule has 0 aromatic carbocycles. The van der Waals surface area contributed by atoms with Gasteiger partial charge in [-0.05, 0) is 14.0 Å². The fourth-order valence-electron chi connectivity index (χ4n) is 0.840. The predicted octanol–water partition coefficient (Wildman–Crippen LogP) is -0.352. The molecule has 0 aromatic heterocycles. The minimum Gasteiger partial charge on any atom is -0.325 e. The zero-order valence-corrected chi connectivity index (χ0v) is 4.89. The van der Waals surface area contributed by atoms with Crippen molar-refractivity contribution < 1.29 is 0 Å². The highest BCUT2D eigenvalue weighted by molar-refractivity contribution is 4.88. The van der Waals surface area contributed by atoms with Crippen LogP contribution in [0.5, 0.6) is 0 Å². The van der Waals surface area contributed by atoms with E-state index in [1.54, 1.807) is 0 Å². The van der Waals surface area contributed by atoms with Crippen LogP contribution in [0.1, 0.15) is 6.92 Å². The van der Waals surface area contributed by atoms with E-state index >= 15 is 0 Å². The average molecular weight is 100 g/mol. The second-order valence-electron chi connectivity index (χ2n) is 2.34. The number of likely N-dealkylation sites (N-methyl/N-ethyl adjacent to an activating group) is 1. The van der Waals surface area contributed by atoms with Crippen LogP contribution < -0.4 is 5.73 Å². The molecule has 0 bridgehead atoms. The summed E-state index contributed by atoms with van der Waals surface area (Å²) in [7, 11) is 2.09. The van der Waals surface area contributed by atoms with Gasteiger partial charge in [-0.1, -0.05) is 0 Å². The zero-order valence-electron chi connectivity index (χ0n) is 4.89. The number of nitrogens with two attached hydrogens (primary N) is 1. The lowest BCUT2D eigenvalue weighted by Gasteiger charge is -2.41. The summed E-state index contributed by atoms with van der Waals surface area (Å²) in [6.45, 7) is 3.22. The molecule has 0 spiro atoms. The van der Waals surface area contributed by atoms with Crippen LogP contribution in [-0.2, 0) is 0 Å². The first kappa shape index (κ1) is 5.06. The standard InChI is InChI=1S/C5H12N2/c1-4-5(6)3-7(4)2/h4-5H,3,6H2,1-2H3/t4-,5+/m1/s1. The molecule has 1 rings (SSSR count). The molecule has 0 radical (unpaired) electrons. The molecule has 7 heavy (non-hydrogen) atoms. The van der Waals surface area contributed by atoms with Crippen molar-refractivity contribution in [1.82, 2.24) is 4.90 Å². The second-order valence-corrected chi connectivity index (χ2v) is 2.34. The van der Waals surface area contributed by atoms with Crippen molar-refractivity contribution in [2.45, 2.75) is 19.0 Å². The first-order valence-corrected chi connectivity index (χ1v) is 2.67. The summed E-state index contributed by atoms with van der Waals surface area (Å²) < 4.78 is 0. The Morgan fingerprint density at radius 3 is 2.29 bits per heavy atom. The van der Waals surface area contributed by atoms with Gasteiger partial charge in [-0.3, -0.25) is 0 Å². The topological polar surface area (TPSA) is 29.3 Å². The normalized spacial score (nSPS) is 43.3. The molecular formula is C5H12N2. The van der Waals surface area contributed by atoms with Crippen molar-refractivity contribution >= 4 is 0 Å². The number of hydrogen-bond donors (Lipinski definition) is 1. The van der Waals surface area contributed by atoms with E-state index in [4.69, 9.17) is 5.73 Å². The van der Waals surface area contributed by atoms with Gasteiger partial charge < -0.3 is 10.6 Å². The molecule has 42 valence electrons. The van der Waals surface area contributed by atoms with Gasteiger partial charge >= 0.3 is 0 Å². The Balaban J connectivity index is 2.29. The summed E-state index contributed by atoms with van der Waals surface area (Å²) in [5.41, 5.74) is 5.57. The summed E-state index contributed by atoms with van der Waals surface area (Å²) >= 11 is 0. The molecule has 1 heterocycles. The Morgan fingerprint density at radius 1 is 1.71 bits per heavy atom. The lowest BCUT2D eigenvalue weighted by atomic mass is 10.0. The van der Waals surface area contributed by atoms with Gasteiger partial charge in [0.2, 0.25) is 0 Å². The van der Waals surface area contributed by atoms with E-state index < -0.39 is 0 Å². The molecular weight excluding hydrogens is 88.1 g/mol. The van der Waals surface area contributed by atoms with Crippen molar-refractivity contribution in [3.63, 3.8) is 0 Å². The zero-order chi connectivity index (χ0) is 5.44. The minimum atomic E-state index is 0.435. The largest absolute Gasteiger partial charge is 0.325 e. The number of rotatable bonds is 0. The first-order valence-electron chi connectivity index (χ1n) is 2.67. The minimum absolute atomic E-state index is 0.435. The summed E-state index contributed by atoms with van der Waals surface area (Å²) in [5.74, 6) is 0. The molecule has 0 unspecified atom stereocenters. The Hall–Kier alpha value is -0.0800. The predicted molar refractivity (Wildman–Crippen MR) is 30.1 cm³/mol. The van der Waals surface area contributed by atoms with Crippen molar-refractivity contribution in [3.05, 3.63) is 0 Å². The van der Waals surface area contributed by atoms with Gasteiger partial charge in [0, 0.05) is 18.6 Å². The van der Waals surface area contributed by atoms with E-state index in [1.165, 1.54) is 0 Å². The van der Waals surface area contributed by atoms with Gasteiger partial charge in [0.1, 0.15) is 0 Å². The van der Waals surface area contributed by atoms with Gasteiger partial charge in [0.25, 0.3) is 0 Å². The lowest BCUT2D eigenvalue weighted by Crippen LogP contribution is -2.60. The van der Waals surface area contributed by atoms with Crippen molar-refractivity contribution in [3.8, 4) is 0 Å². The highest BCUT2D eigenvalue weighted by atomic mass is 15.2. The van der Waals surface area contributed by atoms with Crippen molar-refractivity contribution in [1.29, 1.82) is 0 Å². The van der Waals surface area contributed by atoms with Gasteiger partial charge in [-0.15, -0.1) is 0 Å². The first-order chi connectivity index (χ1) is 3.22. The number of likely N-dealkylation sites (tertiary alicyclic amines) is 1. The molecule has 0 amide bonds. The smallest absolute Gasteiger partial charge is 0.0323 e. The third-order valence-corrected chi connectivity index (χ3v) is 1.81. The van der Waals surface area contributed by atoms with Crippen LogP contribution in [0.3, 0.4) is 0 Å². The number of nitrogens with zero attached hydrogens (tertiary/aromatic N) is 1. The quantitative estimate of drug-likeness (QED) is 0.450. The van der Waals surface area contributed by atoms with Crippen LogP contribution in [0.2, 0.25) is 0 Å². The third-order valence-electron chi connectivity index (χ3n) is 1.81. The molecule has 1 saturated heterocycles. The molecule has 1 fully saturated rings. The average Bonchev–Trinajstić information content (AvgIpc) is 1.68. The van der Waals surface area contributed by atoms with Crippen LogP contribution >= 0.6 is 0 Å². The SMILES string of the molecule is C[C@@H]1[C@@H](N)CN1C. The van der Waals surface area contributed by atoms with Crippen LogP contribution in [0.4, 0.5) is 0 Å². The van der Waals surface area contributed by atoms with Gasteiger partial charge in [-0.25, -0.2) is 0 Å². The van der Waals surface area contributed by atoms with E-state index in [9.17, 15) is 0 Å².